The Balaban J connectivity index is 0.000000127. The third kappa shape index (κ3) is 4.32. The van der Waals surface area contributed by atoms with Crippen molar-refractivity contribution in [2.45, 2.75) is 51.4 Å². The van der Waals surface area contributed by atoms with Crippen LogP contribution in [0.25, 0.3) is 0 Å². The van der Waals surface area contributed by atoms with Crippen LogP contribution in [0.2, 0.25) is 0 Å². The first-order valence-corrected chi connectivity index (χ1v) is 5.06. The van der Waals surface area contributed by atoms with Gasteiger partial charge in [0.15, 0.2) is 0 Å². The second kappa shape index (κ2) is 5.99. The van der Waals surface area contributed by atoms with Gasteiger partial charge in [-0.2, -0.15) is 0 Å². The molecule has 0 aliphatic heterocycles. The topological polar surface area (TPSA) is 17.1 Å². The Labute approximate surface area is 74.9 Å². The van der Waals surface area contributed by atoms with Crippen molar-refractivity contribution in [2.24, 2.45) is 0 Å². The van der Waals surface area contributed by atoms with E-state index >= 15 is 0 Å². The fourth-order valence-corrected chi connectivity index (χ4v) is 1.54. The van der Waals surface area contributed by atoms with E-state index in [1.807, 2.05) is 0 Å². The first-order valence-electron chi connectivity index (χ1n) is 5.06. The van der Waals surface area contributed by atoms with Gasteiger partial charge >= 0.3 is 0 Å². The minimum Gasteiger partial charge on any atom is -0.300 e. The van der Waals surface area contributed by atoms with E-state index in [4.69, 9.17) is 0 Å². The van der Waals surface area contributed by atoms with Crippen LogP contribution in [0.4, 0.5) is 0 Å². The minimum atomic E-state index is 0.464. The first kappa shape index (κ1) is 9.50. The van der Waals surface area contributed by atoms with E-state index in [1.165, 1.54) is 25.7 Å². The van der Waals surface area contributed by atoms with Gasteiger partial charge in [-0.1, -0.05) is 18.6 Å². The normalized spacial score (nSPS) is 21.8. The van der Waals surface area contributed by atoms with Gasteiger partial charge in [0.1, 0.15) is 5.78 Å². The summed E-state index contributed by atoms with van der Waals surface area (Å²) in [5.41, 5.74) is 0. The van der Waals surface area contributed by atoms with Crippen LogP contribution in [0.5, 0.6) is 0 Å². The number of allylic oxidation sites excluding steroid dienone is 2. The number of hydrogen-bond acceptors (Lipinski definition) is 1. The molecule has 0 heterocycles. The van der Waals surface area contributed by atoms with Gasteiger partial charge in [-0.05, 0) is 32.1 Å². The van der Waals surface area contributed by atoms with Crippen LogP contribution in [-0.2, 0) is 4.79 Å². The molecular formula is C11H18O. The van der Waals surface area contributed by atoms with Gasteiger partial charge in [-0.3, -0.25) is 4.79 Å². The van der Waals surface area contributed by atoms with Crippen LogP contribution in [0.3, 0.4) is 0 Å². The molecule has 0 aromatic carbocycles. The summed E-state index contributed by atoms with van der Waals surface area (Å²) in [5, 5.41) is 0. The summed E-state index contributed by atoms with van der Waals surface area (Å²) in [6.45, 7) is 0. The summed E-state index contributed by atoms with van der Waals surface area (Å²) >= 11 is 0. The van der Waals surface area contributed by atoms with Crippen molar-refractivity contribution < 1.29 is 4.79 Å². The van der Waals surface area contributed by atoms with Gasteiger partial charge in [0, 0.05) is 12.8 Å². The summed E-state index contributed by atoms with van der Waals surface area (Å²) in [7, 11) is 0. The largest absolute Gasteiger partial charge is 0.300 e. The van der Waals surface area contributed by atoms with Crippen LogP contribution in [0.15, 0.2) is 12.2 Å². The monoisotopic (exact) mass is 166 g/mol. The molecule has 0 N–H and O–H groups in total. The maximum atomic E-state index is 10.5. The molecule has 0 saturated heterocycles. The smallest absolute Gasteiger partial charge is 0.132 e. The van der Waals surface area contributed by atoms with Crippen LogP contribution in [0, 0.1) is 0 Å². The lowest BCUT2D eigenvalue weighted by molar-refractivity contribution is -0.120. The maximum absolute atomic E-state index is 10.5. The highest BCUT2D eigenvalue weighted by molar-refractivity contribution is 5.78. The fourth-order valence-electron chi connectivity index (χ4n) is 1.54. The summed E-state index contributed by atoms with van der Waals surface area (Å²) in [4.78, 5) is 10.5. The molecule has 0 radical (unpaired) electrons. The van der Waals surface area contributed by atoms with E-state index in [0.29, 0.717) is 5.78 Å². The molecular weight excluding hydrogens is 148 g/mol. The predicted molar refractivity (Wildman–Crippen MR) is 51.1 cm³/mol. The SMILES string of the molecule is C1=CCCC1.O=C1CCCCC1. The summed E-state index contributed by atoms with van der Waals surface area (Å²) in [6.07, 6.45) is 13.7. The summed E-state index contributed by atoms with van der Waals surface area (Å²) in [5.74, 6) is 0.464. The van der Waals surface area contributed by atoms with Crippen LogP contribution in [-0.4, -0.2) is 5.78 Å². The third-order valence-corrected chi connectivity index (χ3v) is 2.32. The third-order valence-electron chi connectivity index (χ3n) is 2.32. The van der Waals surface area contributed by atoms with E-state index in [2.05, 4.69) is 12.2 Å². The minimum absolute atomic E-state index is 0.464. The summed E-state index contributed by atoms with van der Waals surface area (Å²) < 4.78 is 0. The molecule has 0 atom stereocenters. The number of carbonyl (C=O) groups excluding carboxylic acids is 1. The Hall–Kier alpha value is -0.590. The first-order chi connectivity index (χ1) is 5.89. The van der Waals surface area contributed by atoms with Crippen molar-refractivity contribution in [1.82, 2.24) is 0 Å². The van der Waals surface area contributed by atoms with E-state index in [-0.39, 0.29) is 0 Å². The van der Waals surface area contributed by atoms with Crippen molar-refractivity contribution in [3.8, 4) is 0 Å². The average molecular weight is 166 g/mol. The highest BCUT2D eigenvalue weighted by Gasteiger charge is 2.05. The zero-order valence-electron chi connectivity index (χ0n) is 7.72. The zero-order chi connectivity index (χ0) is 8.65. The Kier molecular flexibility index (Phi) is 4.74. The molecule has 0 aromatic rings. The number of rotatable bonds is 0. The van der Waals surface area contributed by atoms with Crippen molar-refractivity contribution in [3.05, 3.63) is 12.2 Å². The Morgan fingerprint density at radius 2 is 1.42 bits per heavy atom. The lowest BCUT2D eigenvalue weighted by Crippen LogP contribution is -2.02. The Bertz CT molecular complexity index is 144. The number of Topliss-reactive ketones (excluding diaryl/α,β-unsaturated/α-hetero) is 1. The number of hydrogen-bond donors (Lipinski definition) is 0. The fraction of sp³-hybridized carbons (Fsp3) is 0.727. The van der Waals surface area contributed by atoms with Crippen LogP contribution in [0.1, 0.15) is 51.4 Å². The average Bonchev–Trinajstić information content (AvgIpc) is 2.62. The van der Waals surface area contributed by atoms with Gasteiger partial charge in [0.25, 0.3) is 0 Å². The van der Waals surface area contributed by atoms with E-state index in [9.17, 15) is 4.79 Å². The second-order valence-electron chi connectivity index (χ2n) is 3.50. The van der Waals surface area contributed by atoms with E-state index in [0.717, 1.165) is 25.7 Å². The van der Waals surface area contributed by atoms with Crippen LogP contribution >= 0.6 is 0 Å². The van der Waals surface area contributed by atoms with Gasteiger partial charge in [0.05, 0.1) is 0 Å². The van der Waals surface area contributed by atoms with E-state index in [1.54, 1.807) is 0 Å². The molecule has 2 aliphatic rings. The quantitative estimate of drug-likeness (QED) is 0.505. The van der Waals surface area contributed by atoms with Crippen LogP contribution < -0.4 is 0 Å². The van der Waals surface area contributed by atoms with Gasteiger partial charge in [-0.15, -0.1) is 0 Å². The van der Waals surface area contributed by atoms with Crippen molar-refractivity contribution >= 4 is 5.78 Å². The molecule has 0 bridgehead atoms. The van der Waals surface area contributed by atoms with Gasteiger partial charge < -0.3 is 0 Å². The Morgan fingerprint density at radius 3 is 1.67 bits per heavy atom. The number of ketones is 1. The van der Waals surface area contributed by atoms with E-state index < -0.39 is 0 Å². The highest BCUT2D eigenvalue weighted by atomic mass is 16.1. The lowest BCUT2D eigenvalue weighted by Gasteiger charge is -2.05. The number of carbonyl (C=O) groups is 1. The molecule has 1 nitrogen and oxygen atoms in total. The second-order valence-corrected chi connectivity index (χ2v) is 3.50. The molecule has 0 unspecified atom stereocenters. The molecule has 0 amide bonds. The van der Waals surface area contributed by atoms with Crippen molar-refractivity contribution in [3.63, 3.8) is 0 Å². The lowest BCUT2D eigenvalue weighted by atomic mass is 10.00. The molecule has 0 aromatic heterocycles. The summed E-state index contributed by atoms with van der Waals surface area (Å²) in [6, 6.07) is 0. The molecule has 1 heteroatoms. The van der Waals surface area contributed by atoms with Gasteiger partial charge in [0.2, 0.25) is 0 Å². The van der Waals surface area contributed by atoms with Gasteiger partial charge in [-0.25, -0.2) is 0 Å². The molecule has 2 aliphatic carbocycles. The maximum Gasteiger partial charge on any atom is 0.132 e. The standard InChI is InChI=1S/C6H10O.C5H8/c7-6-4-2-1-3-5-6;1-2-4-5-3-1/h1-5H2;1-2H,3-5H2. The van der Waals surface area contributed by atoms with Crippen molar-refractivity contribution in [1.29, 1.82) is 0 Å². The molecule has 1 fully saturated rings. The Morgan fingerprint density at radius 1 is 0.833 bits per heavy atom. The van der Waals surface area contributed by atoms with Crippen molar-refractivity contribution in [2.75, 3.05) is 0 Å². The predicted octanol–water partition coefficient (Wildman–Crippen LogP) is 3.25. The molecule has 2 rings (SSSR count). The molecule has 12 heavy (non-hydrogen) atoms. The molecule has 0 spiro atoms. The molecule has 68 valence electrons. The highest BCUT2D eigenvalue weighted by Crippen LogP contribution is 2.12. The molecule has 1 saturated carbocycles. The zero-order valence-corrected chi connectivity index (χ0v) is 7.72.